The van der Waals surface area contributed by atoms with Crippen molar-refractivity contribution >= 4 is 110 Å². The molecule has 4 heteroatoms. The lowest BCUT2D eigenvalue weighted by Crippen LogP contribution is -2.26. The van der Waals surface area contributed by atoms with Gasteiger partial charge in [-0.25, -0.2) is 0 Å². The van der Waals surface area contributed by atoms with Gasteiger partial charge in [0.1, 0.15) is 0 Å². The van der Waals surface area contributed by atoms with Gasteiger partial charge in [-0.05, 0) is 198 Å². The van der Waals surface area contributed by atoms with Gasteiger partial charge in [0.05, 0.1) is 27.5 Å². The third-order valence-electron chi connectivity index (χ3n) is 19.4. The Morgan fingerprint density at radius 1 is 0.225 bits per heavy atom. The molecule has 0 fully saturated rings. The van der Waals surface area contributed by atoms with Gasteiger partial charge in [0.15, 0.2) is 0 Å². The van der Waals surface area contributed by atoms with E-state index in [0.717, 1.165) is 45.5 Å². The van der Waals surface area contributed by atoms with E-state index < -0.39 is 5.41 Å². The summed E-state index contributed by atoms with van der Waals surface area (Å²) in [4.78, 5) is 4.87. The molecule has 2 aromatic heterocycles. The summed E-state index contributed by atoms with van der Waals surface area (Å²) in [5.74, 6) is 0. The Balaban J connectivity index is 0.818. The summed E-state index contributed by atoms with van der Waals surface area (Å²) < 4.78 is 4.78. The third kappa shape index (κ3) is 7.11. The molecule has 0 saturated carbocycles. The van der Waals surface area contributed by atoms with Crippen LogP contribution in [-0.4, -0.2) is 9.13 Å². The zero-order chi connectivity index (χ0) is 58.3. The highest BCUT2D eigenvalue weighted by atomic mass is 15.1. The summed E-state index contributed by atoms with van der Waals surface area (Å²) in [7, 11) is 0. The van der Waals surface area contributed by atoms with Gasteiger partial charge in [0.25, 0.3) is 0 Å². The molecule has 0 saturated heterocycles. The summed E-state index contributed by atoms with van der Waals surface area (Å²) in [5.41, 5.74) is 23.4. The number of para-hydroxylation sites is 6. The Hall–Kier alpha value is -11.7. The second-order valence-corrected chi connectivity index (χ2v) is 23.9. The molecule has 0 atom stereocenters. The Bertz CT molecular complexity index is 5450. The first-order valence-electron chi connectivity index (χ1n) is 30.8. The first kappa shape index (κ1) is 49.5. The van der Waals surface area contributed by atoms with Crippen LogP contribution >= 0.6 is 0 Å². The molecule has 2 aliphatic carbocycles. The lowest BCUT2D eigenvalue weighted by molar-refractivity contribution is 0.810. The predicted octanol–water partition coefficient (Wildman–Crippen LogP) is 22.6. The number of nitrogens with zero attached hydrogens (tertiary/aromatic N) is 4. The van der Waals surface area contributed by atoms with Crippen molar-refractivity contribution in [2.24, 2.45) is 0 Å². The van der Waals surface area contributed by atoms with Crippen molar-refractivity contribution < 1.29 is 0 Å². The van der Waals surface area contributed by atoms with E-state index >= 15 is 0 Å². The van der Waals surface area contributed by atoms with E-state index in [1.807, 2.05) is 0 Å². The van der Waals surface area contributed by atoms with Crippen LogP contribution < -0.4 is 9.80 Å². The van der Waals surface area contributed by atoms with Crippen LogP contribution in [0, 0.1) is 0 Å². The minimum atomic E-state index is -0.656. The first-order valence-corrected chi connectivity index (χ1v) is 30.8. The fourth-order valence-corrected chi connectivity index (χ4v) is 15.8. The normalized spacial score (nSPS) is 12.8. The molecular weight excluding hydrogens is 1080 g/mol. The van der Waals surface area contributed by atoms with Crippen LogP contribution in [0.15, 0.2) is 328 Å². The van der Waals surface area contributed by atoms with Crippen LogP contribution in [0.5, 0.6) is 0 Å². The minimum absolute atomic E-state index is 0.656. The van der Waals surface area contributed by atoms with Gasteiger partial charge in [0, 0.05) is 67.0 Å². The summed E-state index contributed by atoms with van der Waals surface area (Å²) in [6, 6.07) is 122. The van der Waals surface area contributed by atoms with E-state index in [-0.39, 0.29) is 0 Å². The summed E-state index contributed by atoms with van der Waals surface area (Å²) >= 11 is 0. The fourth-order valence-electron chi connectivity index (χ4n) is 15.8. The number of anilines is 6. The molecule has 89 heavy (non-hydrogen) atoms. The maximum atomic E-state index is 2.46. The van der Waals surface area contributed by atoms with Crippen LogP contribution in [0.4, 0.5) is 34.1 Å². The van der Waals surface area contributed by atoms with Crippen molar-refractivity contribution in [2.75, 3.05) is 9.80 Å². The molecule has 1 spiro atoms. The second-order valence-electron chi connectivity index (χ2n) is 23.9. The molecule has 0 radical (unpaired) electrons. The molecule has 2 heterocycles. The number of hydrogen-bond donors (Lipinski definition) is 0. The number of aromatic nitrogens is 2. The molecule has 4 nitrogen and oxygen atoms in total. The molecule has 17 aromatic rings. The van der Waals surface area contributed by atoms with Gasteiger partial charge < -0.3 is 18.9 Å². The van der Waals surface area contributed by atoms with Crippen LogP contribution in [-0.2, 0) is 5.41 Å². The quantitative estimate of drug-likeness (QED) is 0.151. The first-order chi connectivity index (χ1) is 44.2. The molecule has 414 valence electrons. The van der Waals surface area contributed by atoms with Crippen LogP contribution in [0.3, 0.4) is 0 Å². The summed E-state index contributed by atoms with van der Waals surface area (Å²) in [6.07, 6.45) is 0. The molecular formula is C85H54N4. The molecule has 0 bridgehead atoms. The largest absolute Gasteiger partial charge is 0.310 e. The highest BCUT2D eigenvalue weighted by Gasteiger charge is 2.53. The Morgan fingerprint density at radius 3 is 1.16 bits per heavy atom. The van der Waals surface area contributed by atoms with Crippen molar-refractivity contribution in [1.82, 2.24) is 9.13 Å². The number of fused-ring (bicyclic) bond motifs is 22. The lowest BCUT2D eigenvalue weighted by atomic mass is 9.68. The van der Waals surface area contributed by atoms with Crippen LogP contribution in [0.25, 0.3) is 110 Å². The number of hydrogen-bond acceptors (Lipinski definition) is 2. The summed E-state index contributed by atoms with van der Waals surface area (Å²) in [5, 5.41) is 12.3. The number of benzene rings is 15. The van der Waals surface area contributed by atoms with Crippen molar-refractivity contribution in [2.45, 2.75) is 5.41 Å². The molecule has 2 aliphatic rings. The highest BCUT2D eigenvalue weighted by Crippen LogP contribution is 2.66. The van der Waals surface area contributed by atoms with Gasteiger partial charge in [-0.15, -0.1) is 0 Å². The lowest BCUT2D eigenvalue weighted by Gasteiger charge is -2.33. The van der Waals surface area contributed by atoms with Gasteiger partial charge in [-0.2, -0.15) is 0 Å². The predicted molar refractivity (Wildman–Crippen MR) is 373 cm³/mol. The molecule has 0 N–H and O–H groups in total. The third-order valence-corrected chi connectivity index (χ3v) is 19.4. The molecule has 0 unspecified atom stereocenters. The topological polar surface area (TPSA) is 16.3 Å². The van der Waals surface area contributed by atoms with E-state index in [9.17, 15) is 0 Å². The van der Waals surface area contributed by atoms with Gasteiger partial charge >= 0.3 is 0 Å². The van der Waals surface area contributed by atoms with E-state index in [0.29, 0.717) is 0 Å². The van der Waals surface area contributed by atoms with E-state index in [1.165, 1.54) is 120 Å². The zero-order valence-corrected chi connectivity index (χ0v) is 48.5. The van der Waals surface area contributed by atoms with Crippen molar-refractivity contribution in [3.8, 4) is 33.6 Å². The maximum Gasteiger partial charge on any atom is 0.0737 e. The number of rotatable bonds is 8. The Labute approximate surface area is 514 Å². The van der Waals surface area contributed by atoms with Gasteiger partial charge in [-0.1, -0.05) is 206 Å². The van der Waals surface area contributed by atoms with Crippen molar-refractivity contribution in [3.05, 3.63) is 350 Å². The Morgan fingerprint density at radius 2 is 0.629 bits per heavy atom. The van der Waals surface area contributed by atoms with Crippen molar-refractivity contribution in [3.63, 3.8) is 0 Å². The van der Waals surface area contributed by atoms with Gasteiger partial charge in [0.2, 0.25) is 0 Å². The molecule has 0 aliphatic heterocycles. The average Bonchev–Trinajstić information content (AvgIpc) is 1.50. The van der Waals surface area contributed by atoms with Crippen molar-refractivity contribution in [1.29, 1.82) is 0 Å². The monoisotopic (exact) mass is 1130 g/mol. The Kier molecular flexibility index (Phi) is 10.7. The highest BCUT2D eigenvalue weighted by molar-refractivity contribution is 6.15. The zero-order valence-electron chi connectivity index (χ0n) is 48.5. The summed E-state index contributed by atoms with van der Waals surface area (Å²) in [6.45, 7) is 0. The standard InChI is InChI=1S/C85H54N4/c1-5-22-58(23-6-1)86(64-42-49-80-74(53-64)69-31-16-19-35-78(69)88(80)60-26-9-3-10-27-60)62-40-46-67-56(51-62)37-44-71-72-45-38-57-52-63(41-47-68(57)84(72)85(83(67)71)76-34-18-15-33-73(76)82-66-30-14-13-21-55(66)39-48-77(82)85)87(59-24-7-2-8-25-59)65-43-50-81-75(54-65)70-32-17-20-36-79(70)89(81)61-28-11-4-12-29-61/h1-54H. The van der Waals surface area contributed by atoms with Crippen LogP contribution in [0.2, 0.25) is 0 Å². The fraction of sp³-hybridized carbons (Fsp3) is 0.0118. The molecule has 19 rings (SSSR count). The molecule has 15 aromatic carbocycles. The second kappa shape index (κ2) is 19.1. The average molecular weight is 1130 g/mol. The van der Waals surface area contributed by atoms with E-state index in [1.54, 1.807) is 0 Å². The maximum absolute atomic E-state index is 2.46. The van der Waals surface area contributed by atoms with E-state index in [4.69, 9.17) is 0 Å². The van der Waals surface area contributed by atoms with Gasteiger partial charge in [-0.3, -0.25) is 0 Å². The smallest absolute Gasteiger partial charge is 0.0737 e. The van der Waals surface area contributed by atoms with Crippen LogP contribution in [0.1, 0.15) is 22.3 Å². The molecule has 0 amide bonds. The SMILES string of the molecule is c1ccc(N(c2ccc3c4c(ccc3c2)-c2ccc3cc(N(c5ccccc5)c5ccc6c(c5)c5ccccc5n6-c5ccccc5)ccc3c2C42c3ccccc3-c3c2ccc2ccccc32)c2ccc3c(c2)c2ccccc2n3-c2ccccc2)cc1. The minimum Gasteiger partial charge on any atom is -0.310 e. The van der Waals surface area contributed by atoms with E-state index in [2.05, 4.69) is 347 Å².